The molecule has 202 valence electrons. The molecule has 10 nitrogen and oxygen atoms in total. The highest BCUT2D eigenvalue weighted by Crippen LogP contribution is 2.47. The van der Waals surface area contributed by atoms with Crippen LogP contribution in [0.4, 0.5) is 10.5 Å². The first-order valence-electron chi connectivity index (χ1n) is 12.4. The van der Waals surface area contributed by atoms with Gasteiger partial charge in [0.15, 0.2) is 16.1 Å². The number of hydrogen-bond donors (Lipinski definition) is 3. The highest BCUT2D eigenvalue weighted by atomic mass is 32.2. The van der Waals surface area contributed by atoms with Crippen LogP contribution >= 0.6 is 11.3 Å². The number of nitrogens with one attached hydrogen (secondary N) is 1. The van der Waals surface area contributed by atoms with Gasteiger partial charge in [0, 0.05) is 28.5 Å². The van der Waals surface area contributed by atoms with Gasteiger partial charge in [0.1, 0.15) is 4.75 Å². The number of primary amides is 1. The first-order chi connectivity index (χ1) is 17.8. The summed E-state index contributed by atoms with van der Waals surface area (Å²) in [5, 5.41) is 9.29. The van der Waals surface area contributed by atoms with Crippen LogP contribution in [-0.4, -0.2) is 57.3 Å². The molecule has 37 heavy (non-hydrogen) atoms. The van der Waals surface area contributed by atoms with Crippen molar-refractivity contribution in [1.82, 2.24) is 5.48 Å². The van der Waals surface area contributed by atoms with Crippen LogP contribution in [-0.2, 0) is 29.0 Å². The third kappa shape index (κ3) is 6.15. The number of benzene rings is 1. The summed E-state index contributed by atoms with van der Waals surface area (Å²) in [5.74, 6) is -0.484. The lowest BCUT2D eigenvalue weighted by Gasteiger charge is -2.35. The minimum absolute atomic E-state index is 0.0182. The Labute approximate surface area is 220 Å². The Bertz CT molecular complexity index is 1210. The van der Waals surface area contributed by atoms with Crippen molar-refractivity contribution in [2.24, 2.45) is 5.73 Å². The molecular formula is C25H33N3O7S2. The molecule has 1 aromatic carbocycles. The van der Waals surface area contributed by atoms with Crippen LogP contribution in [0.5, 0.6) is 0 Å². The summed E-state index contributed by atoms with van der Waals surface area (Å²) in [6.07, 6.45) is 3.38. The maximum absolute atomic E-state index is 13.5. The van der Waals surface area contributed by atoms with Crippen LogP contribution in [0.15, 0.2) is 36.4 Å². The number of nitrogens with zero attached hydrogens (tertiary/aromatic N) is 1. The third-order valence-electron chi connectivity index (χ3n) is 6.81. The van der Waals surface area contributed by atoms with Gasteiger partial charge >= 0.3 is 6.03 Å². The summed E-state index contributed by atoms with van der Waals surface area (Å²) in [6, 6.07) is 10.0. The van der Waals surface area contributed by atoms with Gasteiger partial charge in [-0.3, -0.25) is 9.69 Å². The van der Waals surface area contributed by atoms with Gasteiger partial charge in [-0.05, 0) is 55.5 Å². The predicted molar refractivity (Wildman–Crippen MR) is 141 cm³/mol. The number of rotatable bonds is 9. The number of urea groups is 1. The molecule has 3 amide bonds. The Balaban J connectivity index is 1.60. The van der Waals surface area contributed by atoms with Crippen LogP contribution in [0, 0.1) is 0 Å². The molecule has 1 unspecified atom stereocenters. The molecule has 3 heterocycles. The van der Waals surface area contributed by atoms with Crippen molar-refractivity contribution in [2.75, 3.05) is 30.4 Å². The number of hydroxylamine groups is 1. The van der Waals surface area contributed by atoms with Crippen molar-refractivity contribution in [3.05, 3.63) is 41.3 Å². The van der Waals surface area contributed by atoms with Gasteiger partial charge in [0.05, 0.1) is 25.3 Å². The van der Waals surface area contributed by atoms with E-state index in [1.54, 1.807) is 24.3 Å². The Morgan fingerprint density at radius 1 is 1.22 bits per heavy atom. The molecule has 2 fully saturated rings. The molecule has 4 N–H and O–H groups in total. The first-order valence-corrected chi connectivity index (χ1v) is 14.9. The van der Waals surface area contributed by atoms with Crippen molar-refractivity contribution in [3.8, 4) is 10.4 Å². The third-order valence-corrected chi connectivity index (χ3v) is 10.9. The van der Waals surface area contributed by atoms with Crippen molar-refractivity contribution >= 4 is 38.8 Å². The number of sulfone groups is 1. The maximum atomic E-state index is 13.5. The fraction of sp³-hybridized carbons (Fsp3) is 0.520. The average Bonchev–Trinajstić information content (AvgIpc) is 3.39. The van der Waals surface area contributed by atoms with Gasteiger partial charge in [-0.2, -0.15) is 0 Å². The van der Waals surface area contributed by atoms with Crippen LogP contribution in [0.25, 0.3) is 10.4 Å². The number of anilines is 1. The SMILES string of the molecule is NC(=O)N(CCO)c1cccc(-c2ccc([C@@]3(CC(=O)NOC4CCCCO4)CCCCS3(=O)=O)s2)c1. The van der Waals surface area contributed by atoms with Crippen LogP contribution in [0.3, 0.4) is 0 Å². The number of carbonyl (C=O) groups excluding carboxylic acids is 2. The second kappa shape index (κ2) is 11.9. The normalized spacial score (nSPS) is 23.3. The van der Waals surface area contributed by atoms with E-state index < -0.39 is 32.8 Å². The molecule has 2 saturated heterocycles. The maximum Gasteiger partial charge on any atom is 0.319 e. The molecule has 0 saturated carbocycles. The summed E-state index contributed by atoms with van der Waals surface area (Å²) in [6.45, 7) is 0.378. The van der Waals surface area contributed by atoms with E-state index in [9.17, 15) is 23.1 Å². The summed E-state index contributed by atoms with van der Waals surface area (Å²) in [5.41, 5.74) is 9.18. The van der Waals surface area contributed by atoms with E-state index in [0.29, 0.717) is 42.9 Å². The molecule has 2 atom stereocenters. The molecule has 12 heteroatoms. The molecule has 2 aliphatic heterocycles. The zero-order valence-electron chi connectivity index (χ0n) is 20.6. The number of aliphatic hydroxyl groups is 1. The van der Waals surface area contributed by atoms with Crippen LogP contribution in [0.2, 0.25) is 0 Å². The van der Waals surface area contributed by atoms with Crippen molar-refractivity contribution in [2.45, 2.75) is 56.0 Å². The summed E-state index contributed by atoms with van der Waals surface area (Å²) in [4.78, 5) is 32.8. The topological polar surface area (TPSA) is 148 Å². The van der Waals surface area contributed by atoms with Gasteiger partial charge in [-0.25, -0.2) is 23.5 Å². The molecule has 2 aliphatic rings. The Kier molecular flexibility index (Phi) is 8.86. The standard InChI is InChI=1S/C25H33N3O7S2/c26-24(31)28(12-13-29)19-7-5-6-18(16-19)20-9-10-21(36-20)25(11-2-4-15-37(25,32)33)17-22(30)27-35-23-8-1-3-14-34-23/h5-7,9-10,16,23,29H,1-4,8,11-15,17H2,(H2,26,31)(H,27,30)/t23?,25-/m0/s1. The fourth-order valence-corrected chi connectivity index (χ4v) is 8.65. The first kappa shape index (κ1) is 27.5. The highest BCUT2D eigenvalue weighted by molar-refractivity contribution is 7.92. The Hall–Kier alpha value is -2.51. The van der Waals surface area contributed by atoms with E-state index in [-0.39, 0.29) is 25.3 Å². The molecule has 4 rings (SSSR count). The van der Waals surface area contributed by atoms with Crippen LogP contribution < -0.4 is 16.1 Å². The number of carbonyl (C=O) groups is 2. The highest BCUT2D eigenvalue weighted by Gasteiger charge is 2.49. The van der Waals surface area contributed by atoms with E-state index >= 15 is 0 Å². The van der Waals surface area contributed by atoms with Gasteiger partial charge in [0.2, 0.25) is 5.91 Å². The molecule has 0 spiro atoms. The molecule has 2 aromatic rings. The second-order valence-corrected chi connectivity index (χ2v) is 12.8. The molecular weight excluding hydrogens is 518 g/mol. The zero-order chi connectivity index (χ0) is 26.5. The lowest BCUT2D eigenvalue weighted by Crippen LogP contribution is -2.45. The predicted octanol–water partition coefficient (Wildman–Crippen LogP) is 3.05. The monoisotopic (exact) mass is 551 g/mol. The minimum Gasteiger partial charge on any atom is -0.395 e. The molecule has 0 bridgehead atoms. The quantitative estimate of drug-likeness (QED) is 0.406. The average molecular weight is 552 g/mol. The van der Waals surface area contributed by atoms with Gasteiger partial charge in [-0.1, -0.05) is 18.6 Å². The molecule has 1 aromatic heterocycles. The van der Waals surface area contributed by atoms with Crippen LogP contribution in [0.1, 0.15) is 49.8 Å². The number of nitrogens with two attached hydrogens (primary N) is 1. The second-order valence-electron chi connectivity index (χ2n) is 9.31. The van der Waals surface area contributed by atoms with Crippen molar-refractivity contribution in [1.29, 1.82) is 0 Å². The zero-order valence-corrected chi connectivity index (χ0v) is 22.2. The summed E-state index contributed by atoms with van der Waals surface area (Å²) < 4.78 is 31.1. The number of aliphatic hydroxyl groups excluding tert-OH is 1. The lowest BCUT2D eigenvalue weighted by atomic mass is 9.94. The lowest BCUT2D eigenvalue weighted by molar-refractivity contribution is -0.200. The van der Waals surface area contributed by atoms with Gasteiger partial charge in [-0.15, -0.1) is 11.3 Å². The fourth-order valence-electron chi connectivity index (χ4n) is 4.88. The Morgan fingerprint density at radius 2 is 2.05 bits per heavy atom. The van der Waals surface area contributed by atoms with E-state index in [0.717, 1.165) is 23.3 Å². The number of ether oxygens (including phenoxy) is 1. The van der Waals surface area contributed by atoms with E-state index in [1.165, 1.54) is 16.2 Å². The number of hydrogen-bond acceptors (Lipinski definition) is 8. The van der Waals surface area contributed by atoms with Gasteiger partial charge in [0.25, 0.3) is 0 Å². The minimum atomic E-state index is -3.62. The number of thiophene rings is 1. The van der Waals surface area contributed by atoms with Gasteiger partial charge < -0.3 is 15.6 Å². The molecule has 0 aliphatic carbocycles. The van der Waals surface area contributed by atoms with E-state index in [1.807, 2.05) is 12.1 Å². The number of amides is 3. The smallest absolute Gasteiger partial charge is 0.319 e. The van der Waals surface area contributed by atoms with E-state index in [4.69, 9.17) is 15.3 Å². The molecule has 0 radical (unpaired) electrons. The van der Waals surface area contributed by atoms with E-state index in [2.05, 4.69) is 5.48 Å². The van der Waals surface area contributed by atoms with Crippen molar-refractivity contribution < 1.29 is 32.7 Å². The Morgan fingerprint density at radius 3 is 2.76 bits per heavy atom. The summed E-state index contributed by atoms with van der Waals surface area (Å²) in [7, 11) is -3.62. The summed E-state index contributed by atoms with van der Waals surface area (Å²) >= 11 is 1.32. The van der Waals surface area contributed by atoms with Crippen molar-refractivity contribution in [3.63, 3.8) is 0 Å². The largest absolute Gasteiger partial charge is 0.395 e.